The Morgan fingerprint density at radius 3 is 2.60 bits per heavy atom. The van der Waals surface area contributed by atoms with Gasteiger partial charge in [0.2, 0.25) is 0 Å². The Balaban J connectivity index is 3.21. The number of hydrogen-bond acceptors (Lipinski definition) is 1. The molecule has 0 fully saturated rings. The lowest BCUT2D eigenvalue weighted by atomic mass is 9.98. The van der Waals surface area contributed by atoms with Crippen LogP contribution in [0.4, 0.5) is 0 Å². The standard InChI is InChI=1S/C19H25N/c1-5-8-10-11-19(20-14-9-6-2)18-15-16(4)12-13-17(18)7-3/h5-6,8-13,15H,7,14H2,1-4H3/b8-5+,9-6?,11-10-,20-19?. The molecule has 0 amide bonds. The Morgan fingerprint density at radius 1 is 1.15 bits per heavy atom. The maximum atomic E-state index is 4.71. The van der Waals surface area contributed by atoms with Gasteiger partial charge in [-0.2, -0.15) is 0 Å². The number of aliphatic imine (C=N–C) groups is 1. The average Bonchev–Trinajstić information content (AvgIpc) is 2.46. The molecule has 1 nitrogen and oxygen atoms in total. The van der Waals surface area contributed by atoms with Crippen molar-refractivity contribution in [3.8, 4) is 0 Å². The highest BCUT2D eigenvalue weighted by Gasteiger charge is 2.05. The molecule has 0 spiro atoms. The van der Waals surface area contributed by atoms with Crippen LogP contribution in [0.2, 0.25) is 0 Å². The number of benzene rings is 1. The third kappa shape index (κ3) is 5.00. The predicted octanol–water partition coefficient (Wildman–Crippen LogP) is 5.05. The number of nitrogens with zero attached hydrogens (tertiary/aromatic N) is 1. The smallest absolute Gasteiger partial charge is 0.0653 e. The van der Waals surface area contributed by atoms with Crippen LogP contribution >= 0.6 is 0 Å². The van der Waals surface area contributed by atoms with Crippen molar-refractivity contribution in [2.24, 2.45) is 4.99 Å². The zero-order valence-electron chi connectivity index (χ0n) is 13.1. The van der Waals surface area contributed by atoms with Gasteiger partial charge in [-0.3, -0.25) is 4.99 Å². The summed E-state index contributed by atoms with van der Waals surface area (Å²) in [6.07, 6.45) is 13.3. The fourth-order valence-corrected chi connectivity index (χ4v) is 1.98. The van der Waals surface area contributed by atoms with E-state index in [0.29, 0.717) is 0 Å². The molecule has 0 bridgehead atoms. The van der Waals surface area contributed by atoms with Gasteiger partial charge in [-0.15, -0.1) is 0 Å². The maximum Gasteiger partial charge on any atom is 0.0653 e. The third-order valence-corrected chi connectivity index (χ3v) is 3.08. The fourth-order valence-electron chi connectivity index (χ4n) is 1.98. The summed E-state index contributed by atoms with van der Waals surface area (Å²) in [6, 6.07) is 6.61. The van der Waals surface area contributed by atoms with E-state index >= 15 is 0 Å². The largest absolute Gasteiger partial charge is 0.281 e. The molecular weight excluding hydrogens is 242 g/mol. The van der Waals surface area contributed by atoms with E-state index in [1.54, 1.807) is 0 Å². The van der Waals surface area contributed by atoms with Crippen LogP contribution in [0.3, 0.4) is 0 Å². The summed E-state index contributed by atoms with van der Waals surface area (Å²) < 4.78 is 0. The molecule has 20 heavy (non-hydrogen) atoms. The zero-order valence-corrected chi connectivity index (χ0v) is 13.1. The lowest BCUT2D eigenvalue weighted by Gasteiger charge is -2.09. The molecular formula is C19H25N. The van der Waals surface area contributed by atoms with E-state index in [1.807, 2.05) is 32.1 Å². The molecule has 0 saturated heterocycles. The molecule has 0 radical (unpaired) electrons. The number of rotatable bonds is 6. The van der Waals surface area contributed by atoms with Gasteiger partial charge < -0.3 is 0 Å². The van der Waals surface area contributed by atoms with Gasteiger partial charge in [0.1, 0.15) is 0 Å². The first-order valence-electron chi connectivity index (χ1n) is 7.27. The summed E-state index contributed by atoms with van der Waals surface area (Å²) in [5.41, 5.74) is 4.93. The van der Waals surface area contributed by atoms with Crippen LogP contribution in [0.15, 0.2) is 59.6 Å². The van der Waals surface area contributed by atoms with E-state index in [-0.39, 0.29) is 0 Å². The second-order valence-electron chi connectivity index (χ2n) is 4.69. The van der Waals surface area contributed by atoms with Crippen LogP contribution in [0.1, 0.15) is 37.5 Å². The second kappa shape index (κ2) is 9.08. The first-order chi connectivity index (χ1) is 9.72. The highest BCUT2D eigenvalue weighted by atomic mass is 14.7. The quantitative estimate of drug-likeness (QED) is 0.388. The summed E-state index contributed by atoms with van der Waals surface area (Å²) in [5, 5.41) is 0. The Labute approximate surface area is 123 Å². The van der Waals surface area contributed by atoms with Crippen LogP contribution in [-0.2, 0) is 6.42 Å². The maximum absolute atomic E-state index is 4.71. The minimum absolute atomic E-state index is 0.725. The van der Waals surface area contributed by atoms with Crippen molar-refractivity contribution in [3.05, 3.63) is 71.3 Å². The summed E-state index contributed by atoms with van der Waals surface area (Å²) in [4.78, 5) is 4.71. The average molecular weight is 267 g/mol. The molecule has 0 aliphatic rings. The van der Waals surface area contributed by atoms with Crippen molar-refractivity contribution in [1.29, 1.82) is 0 Å². The first-order valence-corrected chi connectivity index (χ1v) is 7.27. The van der Waals surface area contributed by atoms with Gasteiger partial charge in [0, 0.05) is 5.56 Å². The predicted molar refractivity (Wildman–Crippen MR) is 90.7 cm³/mol. The molecule has 0 unspecified atom stereocenters. The van der Waals surface area contributed by atoms with Crippen LogP contribution in [0.5, 0.6) is 0 Å². The molecule has 0 aliphatic heterocycles. The van der Waals surface area contributed by atoms with Crippen LogP contribution < -0.4 is 0 Å². The lowest BCUT2D eigenvalue weighted by molar-refractivity contribution is 1.12. The Morgan fingerprint density at radius 2 is 1.95 bits per heavy atom. The molecule has 0 atom stereocenters. The monoisotopic (exact) mass is 267 g/mol. The normalized spacial score (nSPS) is 13.1. The number of hydrogen-bond donors (Lipinski definition) is 0. The van der Waals surface area contributed by atoms with E-state index in [0.717, 1.165) is 18.7 Å². The molecule has 0 N–H and O–H groups in total. The Bertz CT molecular complexity index is 531. The minimum Gasteiger partial charge on any atom is -0.281 e. The van der Waals surface area contributed by atoms with Crippen LogP contribution in [-0.4, -0.2) is 12.3 Å². The topological polar surface area (TPSA) is 12.4 Å². The Kier molecular flexibility index (Phi) is 7.34. The van der Waals surface area contributed by atoms with E-state index in [9.17, 15) is 0 Å². The molecule has 106 valence electrons. The fraction of sp³-hybridized carbons (Fsp3) is 0.316. The molecule has 1 aromatic rings. The van der Waals surface area contributed by atoms with Crippen molar-refractivity contribution in [2.45, 2.75) is 34.1 Å². The molecule has 1 rings (SSSR count). The van der Waals surface area contributed by atoms with Crippen molar-refractivity contribution >= 4 is 5.71 Å². The summed E-state index contributed by atoms with van der Waals surface area (Å²) in [7, 11) is 0. The van der Waals surface area contributed by atoms with E-state index in [4.69, 9.17) is 4.99 Å². The molecule has 0 aromatic heterocycles. The number of aryl methyl sites for hydroxylation is 2. The Hall–Kier alpha value is -1.89. The van der Waals surface area contributed by atoms with E-state index in [1.165, 1.54) is 16.7 Å². The van der Waals surface area contributed by atoms with Gasteiger partial charge in [0.05, 0.1) is 12.3 Å². The molecule has 0 heterocycles. The summed E-state index contributed by atoms with van der Waals surface area (Å²) in [6.45, 7) is 9.08. The summed E-state index contributed by atoms with van der Waals surface area (Å²) >= 11 is 0. The van der Waals surface area contributed by atoms with Crippen molar-refractivity contribution in [1.82, 2.24) is 0 Å². The van der Waals surface area contributed by atoms with Crippen molar-refractivity contribution in [3.63, 3.8) is 0 Å². The number of allylic oxidation sites excluding steroid dienone is 5. The van der Waals surface area contributed by atoms with Crippen LogP contribution in [0, 0.1) is 6.92 Å². The van der Waals surface area contributed by atoms with Gasteiger partial charge >= 0.3 is 0 Å². The SMILES string of the molecule is CC=CCN=C(/C=C\C=C\C)c1cc(C)ccc1CC. The van der Waals surface area contributed by atoms with E-state index in [2.05, 4.69) is 50.3 Å². The van der Waals surface area contributed by atoms with Gasteiger partial charge in [-0.25, -0.2) is 0 Å². The molecule has 1 heteroatoms. The van der Waals surface area contributed by atoms with E-state index < -0.39 is 0 Å². The van der Waals surface area contributed by atoms with Gasteiger partial charge in [-0.1, -0.05) is 55.0 Å². The molecule has 0 saturated carbocycles. The van der Waals surface area contributed by atoms with Gasteiger partial charge in [-0.05, 0) is 44.9 Å². The van der Waals surface area contributed by atoms with Gasteiger partial charge in [0.25, 0.3) is 0 Å². The van der Waals surface area contributed by atoms with Crippen molar-refractivity contribution < 1.29 is 0 Å². The highest BCUT2D eigenvalue weighted by molar-refractivity contribution is 6.10. The van der Waals surface area contributed by atoms with Crippen molar-refractivity contribution in [2.75, 3.05) is 6.54 Å². The highest BCUT2D eigenvalue weighted by Crippen LogP contribution is 2.15. The van der Waals surface area contributed by atoms with Crippen LogP contribution in [0.25, 0.3) is 0 Å². The second-order valence-corrected chi connectivity index (χ2v) is 4.69. The minimum atomic E-state index is 0.725. The molecule has 1 aromatic carbocycles. The molecule has 0 aliphatic carbocycles. The lowest BCUT2D eigenvalue weighted by Crippen LogP contribution is -2.03. The zero-order chi connectivity index (χ0) is 14.8. The first kappa shape index (κ1) is 16.2. The van der Waals surface area contributed by atoms with Gasteiger partial charge in [0.15, 0.2) is 0 Å². The summed E-state index contributed by atoms with van der Waals surface area (Å²) in [5.74, 6) is 0. The third-order valence-electron chi connectivity index (χ3n) is 3.08.